The van der Waals surface area contributed by atoms with Gasteiger partial charge in [-0.05, 0) is 27.7 Å². The first-order chi connectivity index (χ1) is 7.22. The number of piperidine rings is 1. The molecule has 92 valence electrons. The Morgan fingerprint density at radius 3 is 2.44 bits per heavy atom. The van der Waals surface area contributed by atoms with Crippen molar-refractivity contribution in [2.24, 2.45) is 5.92 Å². The van der Waals surface area contributed by atoms with Gasteiger partial charge in [0.25, 0.3) is 0 Å². The number of nitrogens with zero attached hydrogens (tertiary/aromatic N) is 1. The third kappa shape index (κ3) is 2.97. The number of ether oxygens (including phenoxy) is 1. The predicted molar refractivity (Wildman–Crippen MR) is 61.2 cm³/mol. The van der Waals surface area contributed by atoms with E-state index in [0.717, 1.165) is 0 Å². The number of hydrogen-bond donors (Lipinski definition) is 0. The molecule has 0 radical (unpaired) electrons. The highest BCUT2D eigenvalue weighted by atomic mass is 16.6. The third-order valence-electron chi connectivity index (χ3n) is 2.95. The van der Waals surface area contributed by atoms with Crippen molar-refractivity contribution in [3.63, 3.8) is 0 Å². The zero-order chi connectivity index (χ0) is 12.5. The van der Waals surface area contributed by atoms with Gasteiger partial charge in [0.2, 0.25) is 0 Å². The van der Waals surface area contributed by atoms with Crippen molar-refractivity contribution in [1.29, 1.82) is 0 Å². The van der Waals surface area contributed by atoms with E-state index in [2.05, 4.69) is 0 Å². The fraction of sp³-hybridized carbons (Fsp3) is 0.833. The average molecular weight is 227 g/mol. The largest absolute Gasteiger partial charge is 0.444 e. The number of ketones is 1. The molecular weight excluding hydrogens is 206 g/mol. The van der Waals surface area contributed by atoms with E-state index in [0.29, 0.717) is 13.0 Å². The van der Waals surface area contributed by atoms with E-state index >= 15 is 0 Å². The van der Waals surface area contributed by atoms with E-state index in [-0.39, 0.29) is 23.8 Å². The van der Waals surface area contributed by atoms with E-state index in [1.54, 1.807) is 4.90 Å². The molecule has 0 bridgehead atoms. The van der Waals surface area contributed by atoms with E-state index in [1.165, 1.54) is 0 Å². The van der Waals surface area contributed by atoms with Crippen molar-refractivity contribution in [3.8, 4) is 0 Å². The summed E-state index contributed by atoms with van der Waals surface area (Å²) < 4.78 is 5.31. The number of amides is 1. The molecule has 0 saturated carbocycles. The number of carbonyl (C=O) groups excluding carboxylic acids is 2. The van der Waals surface area contributed by atoms with Gasteiger partial charge in [0.05, 0.1) is 0 Å². The fourth-order valence-electron chi connectivity index (χ4n) is 1.78. The summed E-state index contributed by atoms with van der Waals surface area (Å²) >= 11 is 0. The van der Waals surface area contributed by atoms with E-state index in [1.807, 2.05) is 34.6 Å². The molecule has 0 N–H and O–H groups in total. The normalized spacial score (nSPS) is 26.8. The molecule has 4 nitrogen and oxygen atoms in total. The summed E-state index contributed by atoms with van der Waals surface area (Å²) in [5.74, 6) is 0.133. The fourth-order valence-corrected chi connectivity index (χ4v) is 1.78. The van der Waals surface area contributed by atoms with Crippen LogP contribution >= 0.6 is 0 Å². The Hall–Kier alpha value is -1.06. The van der Waals surface area contributed by atoms with Gasteiger partial charge in [-0.15, -0.1) is 0 Å². The molecule has 1 heterocycles. The summed E-state index contributed by atoms with van der Waals surface area (Å²) in [5.41, 5.74) is -0.485. The van der Waals surface area contributed by atoms with Crippen LogP contribution in [0.2, 0.25) is 0 Å². The predicted octanol–water partition coefficient (Wildman–Crippen LogP) is 2.22. The first-order valence-corrected chi connectivity index (χ1v) is 5.74. The average Bonchev–Trinajstić information content (AvgIpc) is 2.11. The van der Waals surface area contributed by atoms with Crippen LogP contribution in [-0.4, -0.2) is 35.0 Å². The lowest BCUT2D eigenvalue weighted by atomic mass is 9.91. The summed E-state index contributed by atoms with van der Waals surface area (Å²) in [6, 6.07) is -0.0731. The smallest absolute Gasteiger partial charge is 0.410 e. The van der Waals surface area contributed by atoms with Gasteiger partial charge < -0.3 is 9.64 Å². The van der Waals surface area contributed by atoms with Crippen LogP contribution in [0, 0.1) is 5.92 Å². The Bertz CT molecular complexity index is 293. The summed E-state index contributed by atoms with van der Waals surface area (Å²) in [5, 5.41) is 0. The highest BCUT2D eigenvalue weighted by Gasteiger charge is 2.35. The Kier molecular flexibility index (Phi) is 3.61. The zero-order valence-electron chi connectivity index (χ0n) is 10.7. The van der Waals surface area contributed by atoms with Gasteiger partial charge in [0.15, 0.2) is 0 Å². The lowest BCUT2D eigenvalue weighted by Crippen LogP contribution is -2.51. The summed E-state index contributed by atoms with van der Waals surface area (Å²) in [7, 11) is 0. The van der Waals surface area contributed by atoms with Crippen LogP contribution in [0.5, 0.6) is 0 Å². The number of likely N-dealkylation sites (tertiary alicyclic amines) is 1. The molecule has 4 heteroatoms. The second-order valence-electron chi connectivity index (χ2n) is 5.42. The summed E-state index contributed by atoms with van der Waals surface area (Å²) in [6.45, 7) is 9.75. The highest BCUT2D eigenvalue weighted by Crippen LogP contribution is 2.22. The van der Waals surface area contributed by atoms with Crippen molar-refractivity contribution in [2.45, 2.75) is 52.7 Å². The van der Waals surface area contributed by atoms with Gasteiger partial charge in [0, 0.05) is 24.9 Å². The van der Waals surface area contributed by atoms with Gasteiger partial charge in [-0.2, -0.15) is 0 Å². The maximum Gasteiger partial charge on any atom is 0.410 e. The maximum absolute atomic E-state index is 11.9. The topological polar surface area (TPSA) is 46.6 Å². The molecule has 1 amide bonds. The molecule has 0 aromatic carbocycles. The molecule has 0 spiro atoms. The second kappa shape index (κ2) is 4.44. The van der Waals surface area contributed by atoms with E-state index in [9.17, 15) is 9.59 Å². The Morgan fingerprint density at radius 1 is 1.38 bits per heavy atom. The van der Waals surface area contributed by atoms with Crippen LogP contribution in [0.15, 0.2) is 0 Å². The van der Waals surface area contributed by atoms with Crippen molar-refractivity contribution in [2.75, 3.05) is 6.54 Å². The van der Waals surface area contributed by atoms with Gasteiger partial charge in [-0.1, -0.05) is 6.92 Å². The third-order valence-corrected chi connectivity index (χ3v) is 2.95. The molecule has 1 saturated heterocycles. The molecule has 1 rings (SSSR count). The second-order valence-corrected chi connectivity index (χ2v) is 5.42. The van der Waals surface area contributed by atoms with Gasteiger partial charge in [-0.25, -0.2) is 4.79 Å². The van der Waals surface area contributed by atoms with Crippen molar-refractivity contribution >= 4 is 11.9 Å². The summed E-state index contributed by atoms with van der Waals surface area (Å²) in [6.07, 6.45) is 0.115. The molecular formula is C12H21NO3. The minimum Gasteiger partial charge on any atom is -0.444 e. The number of hydrogen-bond acceptors (Lipinski definition) is 3. The van der Waals surface area contributed by atoms with Crippen LogP contribution in [0.1, 0.15) is 41.0 Å². The quantitative estimate of drug-likeness (QED) is 0.637. The molecule has 0 aliphatic carbocycles. The number of Topliss-reactive ketones (excluding diaryl/α,β-unsaturated/α-hetero) is 1. The zero-order valence-corrected chi connectivity index (χ0v) is 10.7. The van der Waals surface area contributed by atoms with Crippen LogP contribution < -0.4 is 0 Å². The molecule has 1 aliphatic heterocycles. The van der Waals surface area contributed by atoms with Crippen molar-refractivity contribution in [1.82, 2.24) is 4.90 Å². The molecule has 0 unspecified atom stereocenters. The van der Waals surface area contributed by atoms with E-state index < -0.39 is 5.60 Å². The van der Waals surface area contributed by atoms with Crippen molar-refractivity contribution in [3.05, 3.63) is 0 Å². The standard InChI is InChI=1S/C12H21NO3/c1-8-9(2)13(7-6-10(8)14)11(15)16-12(3,4)5/h8-9H,6-7H2,1-5H3/t8-,9-/m0/s1. The first kappa shape index (κ1) is 13.0. The van der Waals surface area contributed by atoms with Crippen LogP contribution in [0.3, 0.4) is 0 Å². The highest BCUT2D eigenvalue weighted by molar-refractivity contribution is 5.84. The molecule has 2 atom stereocenters. The van der Waals surface area contributed by atoms with Gasteiger partial charge in [-0.3, -0.25) is 4.79 Å². The maximum atomic E-state index is 11.9. The summed E-state index contributed by atoms with van der Waals surface area (Å²) in [4.78, 5) is 25.0. The monoisotopic (exact) mass is 227 g/mol. The number of rotatable bonds is 0. The van der Waals surface area contributed by atoms with Crippen LogP contribution in [-0.2, 0) is 9.53 Å². The number of carbonyl (C=O) groups is 2. The Labute approximate surface area is 96.9 Å². The van der Waals surface area contributed by atoms with Crippen molar-refractivity contribution < 1.29 is 14.3 Å². The first-order valence-electron chi connectivity index (χ1n) is 5.74. The lowest BCUT2D eigenvalue weighted by Gasteiger charge is -2.37. The molecule has 16 heavy (non-hydrogen) atoms. The Balaban J connectivity index is 2.67. The van der Waals surface area contributed by atoms with Crippen LogP contribution in [0.4, 0.5) is 4.79 Å². The minimum atomic E-state index is -0.485. The van der Waals surface area contributed by atoms with Gasteiger partial charge >= 0.3 is 6.09 Å². The molecule has 1 fully saturated rings. The van der Waals surface area contributed by atoms with Gasteiger partial charge in [0.1, 0.15) is 11.4 Å². The molecule has 0 aromatic rings. The Morgan fingerprint density at radius 2 is 1.94 bits per heavy atom. The van der Waals surface area contributed by atoms with Crippen LogP contribution in [0.25, 0.3) is 0 Å². The molecule has 0 aromatic heterocycles. The lowest BCUT2D eigenvalue weighted by molar-refractivity contribution is -0.127. The molecule has 1 aliphatic rings. The van der Waals surface area contributed by atoms with E-state index in [4.69, 9.17) is 4.74 Å². The SMILES string of the molecule is C[C@@H]1C(=O)CCN(C(=O)OC(C)(C)C)[C@H]1C. The minimum absolute atomic E-state index is 0.0731.